The molecule has 0 amide bonds. The van der Waals surface area contributed by atoms with E-state index in [2.05, 4.69) is 31.2 Å². The Labute approximate surface area is 101 Å². The average molecular weight is 284 g/mol. The molecule has 2 rings (SSSR count). The summed E-state index contributed by atoms with van der Waals surface area (Å²) >= 11 is 5.08. The highest BCUT2D eigenvalue weighted by Crippen LogP contribution is 2.28. The molecule has 0 fully saturated rings. The van der Waals surface area contributed by atoms with Crippen LogP contribution in [0.2, 0.25) is 0 Å². The maximum Gasteiger partial charge on any atom is 0.143 e. The molecule has 0 saturated carbocycles. The predicted octanol–water partition coefficient (Wildman–Crippen LogP) is 2.69. The second-order valence-corrected chi connectivity index (χ2v) is 4.72. The molecule has 15 heavy (non-hydrogen) atoms. The Hall–Kier alpha value is -0.780. The summed E-state index contributed by atoms with van der Waals surface area (Å²) in [6.45, 7) is 0.793. The molecule has 0 atom stereocenters. The fraction of sp³-hybridized carbons (Fsp3) is 0.200. The van der Waals surface area contributed by atoms with Crippen molar-refractivity contribution in [3.8, 4) is 10.7 Å². The highest BCUT2D eigenvalue weighted by Gasteiger charge is 2.08. The molecule has 0 unspecified atom stereocenters. The third kappa shape index (κ3) is 2.42. The molecule has 0 aliphatic heterocycles. The van der Waals surface area contributed by atoms with E-state index >= 15 is 0 Å². The zero-order valence-corrected chi connectivity index (χ0v) is 10.6. The van der Waals surface area contributed by atoms with E-state index in [1.165, 1.54) is 0 Å². The van der Waals surface area contributed by atoms with Crippen LogP contribution in [-0.4, -0.2) is 17.0 Å². The van der Waals surface area contributed by atoms with Crippen molar-refractivity contribution < 1.29 is 0 Å². The van der Waals surface area contributed by atoms with Crippen LogP contribution in [0.5, 0.6) is 0 Å². The van der Waals surface area contributed by atoms with E-state index in [0.717, 1.165) is 27.4 Å². The lowest BCUT2D eigenvalue weighted by Gasteiger charge is -1.97. The number of pyridine rings is 1. The Morgan fingerprint density at radius 2 is 2.40 bits per heavy atom. The summed E-state index contributed by atoms with van der Waals surface area (Å²) in [4.78, 5) is 8.80. The van der Waals surface area contributed by atoms with Gasteiger partial charge < -0.3 is 5.32 Å². The summed E-state index contributed by atoms with van der Waals surface area (Å²) in [6, 6.07) is 3.87. The first-order valence-electron chi connectivity index (χ1n) is 4.51. The summed E-state index contributed by atoms with van der Waals surface area (Å²) in [6.07, 6.45) is 1.78. The van der Waals surface area contributed by atoms with Crippen LogP contribution in [0.25, 0.3) is 10.7 Å². The van der Waals surface area contributed by atoms with Crippen LogP contribution in [0.4, 0.5) is 0 Å². The first-order valence-corrected chi connectivity index (χ1v) is 6.18. The van der Waals surface area contributed by atoms with Crippen LogP contribution in [0, 0.1) is 0 Å². The number of nitrogens with one attached hydrogen (secondary N) is 1. The molecule has 2 aromatic heterocycles. The van der Waals surface area contributed by atoms with Crippen molar-refractivity contribution in [1.29, 1.82) is 0 Å². The molecule has 5 heteroatoms. The highest BCUT2D eigenvalue weighted by molar-refractivity contribution is 9.10. The van der Waals surface area contributed by atoms with Crippen LogP contribution >= 0.6 is 27.3 Å². The van der Waals surface area contributed by atoms with Gasteiger partial charge in [-0.2, -0.15) is 0 Å². The van der Waals surface area contributed by atoms with Gasteiger partial charge in [-0.3, -0.25) is 4.98 Å². The van der Waals surface area contributed by atoms with Crippen LogP contribution in [0.3, 0.4) is 0 Å². The van der Waals surface area contributed by atoms with Gasteiger partial charge in [0.1, 0.15) is 10.7 Å². The maximum atomic E-state index is 4.49. The van der Waals surface area contributed by atoms with Gasteiger partial charge in [0.05, 0.1) is 5.69 Å². The molecular weight excluding hydrogens is 274 g/mol. The number of nitrogens with zero attached hydrogens (tertiary/aromatic N) is 2. The summed E-state index contributed by atoms with van der Waals surface area (Å²) < 4.78 is 0.982. The molecule has 2 heterocycles. The Balaban J connectivity index is 2.33. The van der Waals surface area contributed by atoms with E-state index in [1.54, 1.807) is 17.5 Å². The molecule has 0 aliphatic rings. The first kappa shape index (κ1) is 10.7. The zero-order chi connectivity index (χ0) is 10.7. The van der Waals surface area contributed by atoms with Crippen molar-refractivity contribution in [2.45, 2.75) is 6.54 Å². The summed E-state index contributed by atoms with van der Waals surface area (Å²) in [7, 11) is 1.91. The molecule has 0 aromatic carbocycles. The highest BCUT2D eigenvalue weighted by atomic mass is 79.9. The molecule has 0 spiro atoms. The van der Waals surface area contributed by atoms with Gasteiger partial charge in [-0.15, -0.1) is 11.3 Å². The molecule has 2 aromatic rings. The third-order valence-corrected chi connectivity index (χ3v) is 3.41. The number of halogens is 1. The van der Waals surface area contributed by atoms with Crippen LogP contribution in [0.1, 0.15) is 5.69 Å². The minimum atomic E-state index is 0.793. The molecule has 0 aliphatic carbocycles. The minimum Gasteiger partial charge on any atom is -0.314 e. The quantitative estimate of drug-likeness (QED) is 0.941. The van der Waals surface area contributed by atoms with Gasteiger partial charge in [0.25, 0.3) is 0 Å². The minimum absolute atomic E-state index is 0.793. The Morgan fingerprint density at radius 3 is 3.13 bits per heavy atom. The van der Waals surface area contributed by atoms with E-state index in [9.17, 15) is 0 Å². The number of hydrogen-bond acceptors (Lipinski definition) is 4. The van der Waals surface area contributed by atoms with Crippen molar-refractivity contribution in [3.63, 3.8) is 0 Å². The van der Waals surface area contributed by atoms with E-state index in [-0.39, 0.29) is 0 Å². The summed E-state index contributed by atoms with van der Waals surface area (Å²) in [5.74, 6) is 0. The number of hydrogen-bond donors (Lipinski definition) is 1. The number of aromatic nitrogens is 2. The topological polar surface area (TPSA) is 37.8 Å². The Morgan fingerprint density at radius 1 is 1.53 bits per heavy atom. The second kappa shape index (κ2) is 4.83. The van der Waals surface area contributed by atoms with Crippen LogP contribution in [0.15, 0.2) is 28.2 Å². The molecule has 0 bridgehead atoms. The summed E-state index contributed by atoms with van der Waals surface area (Å²) in [5, 5.41) is 6.08. The van der Waals surface area contributed by atoms with Gasteiger partial charge in [-0.05, 0) is 35.1 Å². The van der Waals surface area contributed by atoms with E-state index < -0.39 is 0 Å². The molecule has 3 nitrogen and oxygen atoms in total. The van der Waals surface area contributed by atoms with Crippen molar-refractivity contribution in [2.24, 2.45) is 0 Å². The van der Waals surface area contributed by atoms with Crippen LogP contribution < -0.4 is 5.32 Å². The molecule has 78 valence electrons. The van der Waals surface area contributed by atoms with Crippen molar-refractivity contribution in [1.82, 2.24) is 15.3 Å². The van der Waals surface area contributed by atoms with Gasteiger partial charge in [-0.25, -0.2) is 4.98 Å². The van der Waals surface area contributed by atoms with Crippen molar-refractivity contribution in [2.75, 3.05) is 7.05 Å². The zero-order valence-electron chi connectivity index (χ0n) is 8.20. The van der Waals surface area contributed by atoms with Gasteiger partial charge in [0.2, 0.25) is 0 Å². The SMILES string of the molecule is CNCc1csc(-c2ncccc2Br)n1. The first-order chi connectivity index (χ1) is 7.31. The second-order valence-electron chi connectivity index (χ2n) is 3.01. The standard InChI is InChI=1S/C10H10BrN3S/c1-12-5-7-6-15-10(14-7)9-8(11)3-2-4-13-9/h2-4,6,12H,5H2,1H3. The van der Waals surface area contributed by atoms with Crippen LogP contribution in [-0.2, 0) is 6.54 Å². The van der Waals surface area contributed by atoms with Gasteiger partial charge in [0.15, 0.2) is 0 Å². The molecule has 0 saturated heterocycles. The van der Waals surface area contributed by atoms with Crippen molar-refractivity contribution in [3.05, 3.63) is 33.9 Å². The summed E-state index contributed by atoms with van der Waals surface area (Å²) in [5.41, 5.74) is 1.96. The fourth-order valence-corrected chi connectivity index (χ4v) is 2.62. The van der Waals surface area contributed by atoms with E-state index in [0.29, 0.717) is 0 Å². The third-order valence-electron chi connectivity index (χ3n) is 1.87. The molecular formula is C10H10BrN3S. The molecule has 1 N–H and O–H groups in total. The maximum absolute atomic E-state index is 4.49. The van der Waals surface area contributed by atoms with E-state index in [1.807, 2.05) is 24.6 Å². The van der Waals surface area contributed by atoms with Crippen molar-refractivity contribution >= 4 is 27.3 Å². The normalized spacial score (nSPS) is 10.5. The van der Waals surface area contributed by atoms with Gasteiger partial charge >= 0.3 is 0 Å². The lowest BCUT2D eigenvalue weighted by atomic mass is 10.3. The molecule has 0 radical (unpaired) electrons. The number of rotatable bonds is 3. The van der Waals surface area contributed by atoms with E-state index in [4.69, 9.17) is 0 Å². The largest absolute Gasteiger partial charge is 0.314 e. The lowest BCUT2D eigenvalue weighted by molar-refractivity contribution is 0.798. The number of thiazole rings is 1. The predicted molar refractivity (Wildman–Crippen MR) is 65.8 cm³/mol. The van der Waals surface area contributed by atoms with Gasteiger partial charge in [-0.1, -0.05) is 0 Å². The fourth-order valence-electron chi connectivity index (χ4n) is 1.22. The monoisotopic (exact) mass is 283 g/mol. The Kier molecular flexibility index (Phi) is 3.45. The smallest absolute Gasteiger partial charge is 0.143 e. The Bertz CT molecular complexity index is 455. The van der Waals surface area contributed by atoms with Gasteiger partial charge in [0, 0.05) is 22.6 Å². The lowest BCUT2D eigenvalue weighted by Crippen LogP contribution is -2.04. The average Bonchev–Trinajstić information content (AvgIpc) is 2.68.